The van der Waals surface area contributed by atoms with Gasteiger partial charge in [-0.05, 0) is 98.0 Å². The number of aliphatic hydroxyl groups excluding tert-OH is 1. The SMILES string of the molecule is CC1CCCC(SC2=CC=C(C(N3CCN(C4CCN(C(O)C5=CCCC6CCCCC56)CC4)CC3)C(F)(F)F)CC2)C1. The number of piperazine rings is 1. The fourth-order valence-electron chi connectivity index (χ4n) is 9.28. The van der Waals surface area contributed by atoms with Crippen LogP contribution in [0.4, 0.5) is 13.2 Å². The van der Waals surface area contributed by atoms with Crippen LogP contribution in [-0.2, 0) is 0 Å². The van der Waals surface area contributed by atoms with Gasteiger partial charge < -0.3 is 5.11 Å². The van der Waals surface area contributed by atoms with Gasteiger partial charge in [0, 0.05) is 50.6 Å². The fraction of sp³-hybridized carbons (Fsp3) is 0.829. The molecule has 0 aromatic rings. The molecular weight excluding hydrogens is 567 g/mol. The molecule has 6 atom stereocenters. The normalized spacial score (nSPS) is 34.1. The molecule has 0 amide bonds. The van der Waals surface area contributed by atoms with Crippen LogP contribution in [0.5, 0.6) is 0 Å². The summed E-state index contributed by atoms with van der Waals surface area (Å²) in [5, 5.41) is 12.0. The first-order chi connectivity index (χ1) is 20.8. The van der Waals surface area contributed by atoms with Crippen LogP contribution in [0.15, 0.2) is 34.3 Å². The number of hydrogen-bond acceptors (Lipinski definition) is 5. The van der Waals surface area contributed by atoms with Crippen molar-refractivity contribution in [1.29, 1.82) is 0 Å². The third-order valence-electron chi connectivity index (χ3n) is 11.6. The van der Waals surface area contributed by atoms with Crippen molar-refractivity contribution < 1.29 is 18.3 Å². The largest absolute Gasteiger partial charge is 0.407 e. The number of aliphatic hydroxyl groups is 1. The van der Waals surface area contributed by atoms with Gasteiger partial charge >= 0.3 is 6.18 Å². The summed E-state index contributed by atoms with van der Waals surface area (Å²) in [6.07, 6.45) is 17.2. The summed E-state index contributed by atoms with van der Waals surface area (Å²) >= 11 is 1.93. The smallest absolute Gasteiger partial charge is 0.374 e. The number of allylic oxidation sites excluding steroid dienone is 4. The van der Waals surface area contributed by atoms with E-state index in [9.17, 15) is 18.3 Å². The Bertz CT molecular complexity index is 1030. The van der Waals surface area contributed by atoms with E-state index in [1.807, 2.05) is 17.8 Å². The van der Waals surface area contributed by atoms with Crippen molar-refractivity contribution in [2.45, 2.75) is 127 Å². The molecule has 2 aliphatic heterocycles. The van der Waals surface area contributed by atoms with E-state index in [4.69, 9.17) is 0 Å². The van der Waals surface area contributed by atoms with Crippen LogP contribution in [0.1, 0.15) is 96.8 Å². The summed E-state index contributed by atoms with van der Waals surface area (Å²) in [4.78, 5) is 7.66. The summed E-state index contributed by atoms with van der Waals surface area (Å²) in [5.74, 6) is 2.08. The summed E-state index contributed by atoms with van der Waals surface area (Å²) in [5.41, 5.74) is 1.82. The van der Waals surface area contributed by atoms with Crippen LogP contribution in [0.3, 0.4) is 0 Å². The second kappa shape index (κ2) is 14.3. The van der Waals surface area contributed by atoms with E-state index < -0.39 is 18.4 Å². The number of halogens is 3. The van der Waals surface area contributed by atoms with E-state index in [0.29, 0.717) is 55.4 Å². The monoisotopic (exact) mass is 621 g/mol. The van der Waals surface area contributed by atoms with Crippen LogP contribution >= 0.6 is 11.8 Å². The van der Waals surface area contributed by atoms with Crippen molar-refractivity contribution in [2.24, 2.45) is 17.8 Å². The van der Waals surface area contributed by atoms with Gasteiger partial charge in [0.15, 0.2) is 0 Å². The molecule has 0 aromatic carbocycles. The van der Waals surface area contributed by atoms with Crippen molar-refractivity contribution >= 4 is 11.8 Å². The molecule has 6 unspecified atom stereocenters. The van der Waals surface area contributed by atoms with E-state index in [1.54, 1.807) is 11.0 Å². The summed E-state index contributed by atoms with van der Waals surface area (Å²) in [6, 6.07) is -1.06. The third kappa shape index (κ3) is 7.78. The van der Waals surface area contributed by atoms with Crippen LogP contribution in [0, 0.1) is 17.8 Å². The Balaban J connectivity index is 0.999. The van der Waals surface area contributed by atoms with Crippen LogP contribution in [-0.4, -0.2) is 88.8 Å². The molecule has 0 radical (unpaired) electrons. The zero-order valence-electron chi connectivity index (χ0n) is 26.2. The van der Waals surface area contributed by atoms with E-state index in [0.717, 1.165) is 50.6 Å². The molecule has 1 N–H and O–H groups in total. The van der Waals surface area contributed by atoms with Gasteiger partial charge in [-0.2, -0.15) is 13.2 Å². The number of alkyl halides is 3. The standard InChI is InChI=1S/C35H54F3N3OS/c1-25-6-4-9-30(24-25)43-29-14-12-27(13-15-29)33(35(36,37)38)40-22-20-39(21-23-40)28-16-18-41(19-17-28)34(42)32-11-5-8-26-7-2-3-10-31(26)32/h11-12,14,25-26,28,30-31,33-34,42H,2-10,13,15-24H2,1H3. The molecule has 4 aliphatic carbocycles. The molecular formula is C35H54F3N3OS. The first-order valence-corrected chi connectivity index (χ1v) is 18.4. The number of fused-ring (bicyclic) bond motifs is 1. The molecule has 0 bridgehead atoms. The number of nitrogens with zero attached hydrogens (tertiary/aromatic N) is 3. The molecule has 43 heavy (non-hydrogen) atoms. The average molecular weight is 622 g/mol. The van der Waals surface area contributed by atoms with Gasteiger partial charge in [-0.1, -0.05) is 50.8 Å². The number of thioether (sulfide) groups is 1. The highest BCUT2D eigenvalue weighted by Gasteiger charge is 2.47. The lowest BCUT2D eigenvalue weighted by atomic mass is 9.69. The third-order valence-corrected chi connectivity index (χ3v) is 13.0. The number of rotatable bonds is 7. The van der Waals surface area contributed by atoms with Gasteiger partial charge in [-0.15, -0.1) is 11.8 Å². The first-order valence-electron chi connectivity index (χ1n) is 17.5. The topological polar surface area (TPSA) is 30.0 Å². The number of likely N-dealkylation sites (tertiary alicyclic amines) is 1. The Morgan fingerprint density at radius 2 is 1.60 bits per heavy atom. The van der Waals surface area contributed by atoms with Gasteiger partial charge in [0.2, 0.25) is 0 Å². The van der Waals surface area contributed by atoms with Gasteiger partial charge in [-0.25, -0.2) is 0 Å². The van der Waals surface area contributed by atoms with E-state index in [1.165, 1.54) is 68.3 Å². The minimum absolute atomic E-state index is 0.400. The number of piperidine rings is 1. The minimum Gasteiger partial charge on any atom is -0.374 e. The second-order valence-electron chi connectivity index (χ2n) is 14.5. The lowest BCUT2D eigenvalue weighted by Crippen LogP contribution is -2.58. The Morgan fingerprint density at radius 1 is 0.837 bits per heavy atom. The predicted octanol–water partition coefficient (Wildman–Crippen LogP) is 7.76. The molecule has 6 aliphatic rings. The first kappa shape index (κ1) is 32.2. The lowest BCUT2D eigenvalue weighted by molar-refractivity contribution is -0.178. The molecule has 0 aromatic heterocycles. The summed E-state index contributed by atoms with van der Waals surface area (Å²) in [7, 11) is 0. The Labute approximate surface area is 262 Å². The van der Waals surface area contributed by atoms with Crippen LogP contribution in [0.25, 0.3) is 0 Å². The quantitative estimate of drug-likeness (QED) is 0.294. The maximum Gasteiger partial charge on any atom is 0.407 e. The molecule has 6 rings (SSSR count). The lowest BCUT2D eigenvalue weighted by Gasteiger charge is -2.47. The molecule has 2 saturated heterocycles. The number of hydrogen-bond donors (Lipinski definition) is 1. The molecule has 2 saturated carbocycles. The van der Waals surface area contributed by atoms with Gasteiger partial charge in [0.1, 0.15) is 12.3 Å². The Hall–Kier alpha value is -0.800. The van der Waals surface area contributed by atoms with Crippen molar-refractivity contribution in [2.75, 3.05) is 39.3 Å². The van der Waals surface area contributed by atoms with Gasteiger partial charge in [-0.3, -0.25) is 14.7 Å². The zero-order valence-corrected chi connectivity index (χ0v) is 27.1. The van der Waals surface area contributed by atoms with E-state index in [2.05, 4.69) is 22.8 Å². The van der Waals surface area contributed by atoms with Crippen LogP contribution in [0.2, 0.25) is 0 Å². The van der Waals surface area contributed by atoms with Crippen molar-refractivity contribution in [3.8, 4) is 0 Å². The minimum atomic E-state index is -4.25. The van der Waals surface area contributed by atoms with E-state index >= 15 is 0 Å². The Morgan fingerprint density at radius 3 is 2.30 bits per heavy atom. The zero-order chi connectivity index (χ0) is 30.0. The molecule has 242 valence electrons. The maximum atomic E-state index is 14.5. The highest BCUT2D eigenvalue weighted by Crippen LogP contribution is 2.44. The maximum absolute atomic E-state index is 14.5. The van der Waals surface area contributed by atoms with Gasteiger partial charge in [0.25, 0.3) is 0 Å². The summed E-state index contributed by atoms with van der Waals surface area (Å²) < 4.78 is 43.4. The molecule has 8 heteroatoms. The highest BCUT2D eigenvalue weighted by atomic mass is 32.2. The molecule has 2 heterocycles. The van der Waals surface area contributed by atoms with Crippen molar-refractivity contribution in [3.05, 3.63) is 34.3 Å². The van der Waals surface area contributed by atoms with Crippen molar-refractivity contribution in [3.63, 3.8) is 0 Å². The molecule has 4 fully saturated rings. The summed E-state index contributed by atoms with van der Waals surface area (Å²) in [6.45, 7) is 6.37. The second-order valence-corrected chi connectivity index (χ2v) is 15.9. The fourth-order valence-corrected chi connectivity index (χ4v) is 10.8. The van der Waals surface area contributed by atoms with Crippen molar-refractivity contribution in [1.82, 2.24) is 14.7 Å². The van der Waals surface area contributed by atoms with E-state index in [-0.39, 0.29) is 0 Å². The Kier molecular flexibility index (Phi) is 10.7. The van der Waals surface area contributed by atoms with Crippen LogP contribution < -0.4 is 0 Å². The average Bonchev–Trinajstić information content (AvgIpc) is 3.01. The van der Waals surface area contributed by atoms with Gasteiger partial charge in [0.05, 0.1) is 0 Å². The molecule has 0 spiro atoms. The molecule has 4 nitrogen and oxygen atoms in total. The highest BCUT2D eigenvalue weighted by molar-refractivity contribution is 8.03. The predicted molar refractivity (Wildman–Crippen MR) is 171 cm³/mol.